The molecule has 12 heavy (non-hydrogen) atoms. The number of rotatable bonds is 1. The summed E-state index contributed by atoms with van der Waals surface area (Å²) in [6, 6.07) is 5.37. The molecule has 1 rings (SSSR count). The van der Waals surface area contributed by atoms with Crippen LogP contribution in [0.15, 0.2) is 29.6 Å². The average molecular weight is 168 g/mol. The van der Waals surface area contributed by atoms with Crippen molar-refractivity contribution in [2.45, 2.75) is 6.92 Å². The smallest absolute Gasteiger partial charge is 0.0918 e. The van der Waals surface area contributed by atoms with Crippen molar-refractivity contribution in [1.29, 1.82) is 0 Å². The van der Waals surface area contributed by atoms with Crippen molar-refractivity contribution in [3.8, 4) is 0 Å². The molecule has 0 saturated carbocycles. The lowest BCUT2D eigenvalue weighted by atomic mass is 10.4. The monoisotopic (exact) mass is 168 g/mol. The Labute approximate surface area is 71.2 Å². The molecule has 0 aromatic carbocycles. The summed E-state index contributed by atoms with van der Waals surface area (Å²) in [6.07, 6.45) is 2.91. The lowest BCUT2D eigenvalue weighted by Gasteiger charge is -1.84. The van der Waals surface area contributed by atoms with E-state index in [0.29, 0.717) is 5.69 Å². The number of aromatic nitrogens is 1. The number of aliphatic hydroxyl groups excluding tert-OH is 1. The van der Waals surface area contributed by atoms with E-state index < -0.39 is 0 Å². The molecule has 0 atom stereocenters. The van der Waals surface area contributed by atoms with E-state index in [-0.39, 0.29) is 6.61 Å². The maximum Gasteiger partial charge on any atom is 0.0918 e. The molecule has 1 aromatic rings. The molecule has 0 bridgehead atoms. The molecule has 0 fully saturated rings. The summed E-state index contributed by atoms with van der Waals surface area (Å²) in [7, 11) is 0. The van der Waals surface area contributed by atoms with Crippen LogP contribution in [-0.4, -0.2) is 28.1 Å². The van der Waals surface area contributed by atoms with Crippen LogP contribution in [0.25, 0.3) is 0 Å². The van der Waals surface area contributed by atoms with Gasteiger partial charge >= 0.3 is 0 Å². The van der Waals surface area contributed by atoms with Gasteiger partial charge in [0.15, 0.2) is 0 Å². The van der Waals surface area contributed by atoms with Crippen LogP contribution < -0.4 is 0 Å². The van der Waals surface area contributed by atoms with Crippen molar-refractivity contribution in [3.63, 3.8) is 0 Å². The molecule has 0 saturated heterocycles. The Morgan fingerprint density at radius 1 is 1.58 bits per heavy atom. The molecule has 1 heterocycles. The Morgan fingerprint density at radius 2 is 2.25 bits per heavy atom. The lowest BCUT2D eigenvalue weighted by Crippen LogP contribution is -1.83. The van der Waals surface area contributed by atoms with Crippen LogP contribution in [0.1, 0.15) is 12.6 Å². The van der Waals surface area contributed by atoms with E-state index in [2.05, 4.69) is 10.1 Å². The number of hydrogen-bond donors (Lipinski definition) is 2. The molecule has 1 aromatic heterocycles. The predicted molar refractivity (Wildman–Crippen MR) is 46.4 cm³/mol. The fourth-order valence-electron chi connectivity index (χ4n) is 0.511. The summed E-state index contributed by atoms with van der Waals surface area (Å²) >= 11 is 0. The number of aliphatic hydroxyl groups is 1. The quantitative estimate of drug-likeness (QED) is 0.372. The number of pyridine rings is 1. The number of nitrogens with zero attached hydrogens (tertiary/aromatic N) is 2. The van der Waals surface area contributed by atoms with E-state index in [0.717, 1.165) is 0 Å². The molecule has 4 heteroatoms. The topological polar surface area (TPSA) is 65.7 Å². The van der Waals surface area contributed by atoms with E-state index in [1.54, 1.807) is 25.3 Å². The van der Waals surface area contributed by atoms with Gasteiger partial charge in [0, 0.05) is 12.8 Å². The van der Waals surface area contributed by atoms with Crippen LogP contribution in [0.2, 0.25) is 0 Å². The molecular weight excluding hydrogens is 156 g/mol. The van der Waals surface area contributed by atoms with Gasteiger partial charge in [0.25, 0.3) is 0 Å². The molecule has 0 aliphatic heterocycles. The lowest BCUT2D eigenvalue weighted by molar-refractivity contribution is 0.318. The zero-order chi connectivity index (χ0) is 9.23. The van der Waals surface area contributed by atoms with Gasteiger partial charge < -0.3 is 10.3 Å². The minimum Gasteiger partial charge on any atom is -0.411 e. The summed E-state index contributed by atoms with van der Waals surface area (Å²) in [5.74, 6) is 0. The molecular formula is C8H12N2O2. The standard InChI is InChI=1S/C6H6N2O.C2H6O/c9-8-5-6-3-1-2-4-7-6;1-2-3/h1-5,9H;3H,2H2,1H3. The second-order valence-corrected chi connectivity index (χ2v) is 1.82. The van der Waals surface area contributed by atoms with Crippen LogP contribution in [0.5, 0.6) is 0 Å². The fraction of sp³-hybridized carbons (Fsp3) is 0.250. The van der Waals surface area contributed by atoms with Gasteiger partial charge in [0.2, 0.25) is 0 Å². The summed E-state index contributed by atoms with van der Waals surface area (Å²) < 4.78 is 0. The van der Waals surface area contributed by atoms with Crippen LogP contribution >= 0.6 is 0 Å². The summed E-state index contributed by atoms with van der Waals surface area (Å²) in [6.45, 7) is 1.93. The second-order valence-electron chi connectivity index (χ2n) is 1.82. The first-order valence-electron chi connectivity index (χ1n) is 3.54. The third-order valence-corrected chi connectivity index (χ3v) is 0.878. The minimum absolute atomic E-state index is 0.250. The van der Waals surface area contributed by atoms with E-state index in [1.165, 1.54) is 6.21 Å². The zero-order valence-corrected chi connectivity index (χ0v) is 6.88. The molecule has 0 radical (unpaired) electrons. The Bertz CT molecular complexity index is 212. The molecule has 0 spiro atoms. The largest absolute Gasteiger partial charge is 0.411 e. The molecule has 0 aliphatic carbocycles. The maximum atomic E-state index is 8.05. The third kappa shape index (κ3) is 5.37. The molecule has 2 N–H and O–H groups in total. The molecule has 4 nitrogen and oxygen atoms in total. The normalized spacial score (nSPS) is 9.17. The summed E-state index contributed by atoms with van der Waals surface area (Å²) in [4.78, 5) is 3.86. The predicted octanol–water partition coefficient (Wildman–Crippen LogP) is 0.888. The van der Waals surface area contributed by atoms with Crippen molar-refractivity contribution in [2.24, 2.45) is 5.16 Å². The van der Waals surface area contributed by atoms with Gasteiger partial charge in [0.1, 0.15) is 0 Å². The van der Waals surface area contributed by atoms with Gasteiger partial charge in [-0.2, -0.15) is 0 Å². The van der Waals surface area contributed by atoms with Crippen LogP contribution in [-0.2, 0) is 0 Å². The molecule has 0 aliphatic rings. The molecule has 0 amide bonds. The van der Waals surface area contributed by atoms with Crippen LogP contribution in [0, 0.1) is 0 Å². The van der Waals surface area contributed by atoms with Gasteiger partial charge in [0.05, 0.1) is 11.9 Å². The first-order valence-corrected chi connectivity index (χ1v) is 3.54. The van der Waals surface area contributed by atoms with Crippen LogP contribution in [0.3, 0.4) is 0 Å². The Morgan fingerprint density at radius 3 is 2.67 bits per heavy atom. The zero-order valence-electron chi connectivity index (χ0n) is 6.88. The second kappa shape index (κ2) is 7.68. The van der Waals surface area contributed by atoms with Gasteiger partial charge in [-0.05, 0) is 19.1 Å². The average Bonchev–Trinajstić information content (AvgIpc) is 2.08. The minimum atomic E-state index is 0.250. The first kappa shape index (κ1) is 10.6. The first-order chi connectivity index (χ1) is 5.85. The molecule has 0 unspecified atom stereocenters. The van der Waals surface area contributed by atoms with Crippen molar-refractivity contribution in [2.75, 3.05) is 6.61 Å². The van der Waals surface area contributed by atoms with Gasteiger partial charge in [-0.3, -0.25) is 4.98 Å². The highest BCUT2D eigenvalue weighted by Gasteiger charge is 1.81. The highest BCUT2D eigenvalue weighted by atomic mass is 16.4. The van der Waals surface area contributed by atoms with E-state index in [1.807, 2.05) is 6.07 Å². The fourth-order valence-corrected chi connectivity index (χ4v) is 0.511. The van der Waals surface area contributed by atoms with Crippen molar-refractivity contribution < 1.29 is 10.3 Å². The number of hydrogen-bond acceptors (Lipinski definition) is 4. The molecule has 66 valence electrons. The highest BCUT2D eigenvalue weighted by molar-refractivity contribution is 5.75. The highest BCUT2D eigenvalue weighted by Crippen LogP contribution is 1.86. The van der Waals surface area contributed by atoms with Crippen molar-refractivity contribution in [3.05, 3.63) is 30.1 Å². The summed E-state index contributed by atoms with van der Waals surface area (Å²) in [5.41, 5.74) is 0.653. The van der Waals surface area contributed by atoms with Crippen LogP contribution in [0.4, 0.5) is 0 Å². The van der Waals surface area contributed by atoms with E-state index >= 15 is 0 Å². The van der Waals surface area contributed by atoms with E-state index in [4.69, 9.17) is 10.3 Å². The Kier molecular flexibility index (Phi) is 6.78. The van der Waals surface area contributed by atoms with Crippen molar-refractivity contribution in [1.82, 2.24) is 4.98 Å². The van der Waals surface area contributed by atoms with Gasteiger partial charge in [-0.1, -0.05) is 11.2 Å². The van der Waals surface area contributed by atoms with E-state index in [9.17, 15) is 0 Å². The Balaban J connectivity index is 0.000000354. The third-order valence-electron chi connectivity index (χ3n) is 0.878. The number of oxime groups is 1. The van der Waals surface area contributed by atoms with Crippen molar-refractivity contribution >= 4 is 6.21 Å². The van der Waals surface area contributed by atoms with Gasteiger partial charge in [-0.15, -0.1) is 0 Å². The maximum absolute atomic E-state index is 8.05. The Hall–Kier alpha value is -1.42. The van der Waals surface area contributed by atoms with Gasteiger partial charge in [-0.25, -0.2) is 0 Å². The summed E-state index contributed by atoms with van der Waals surface area (Å²) in [5, 5.41) is 18.4. The SMILES string of the molecule is CCO.ON=Cc1ccccn1.